The van der Waals surface area contributed by atoms with E-state index in [0.29, 0.717) is 24.3 Å². The van der Waals surface area contributed by atoms with E-state index in [9.17, 15) is 19.2 Å². The van der Waals surface area contributed by atoms with Crippen molar-refractivity contribution in [3.63, 3.8) is 0 Å². The first-order chi connectivity index (χ1) is 16.5. The molecule has 2 aromatic rings. The number of carbonyl (C=O) groups excluding carboxylic acids is 4. The first-order valence-corrected chi connectivity index (χ1v) is 11.7. The van der Waals surface area contributed by atoms with E-state index in [0.717, 1.165) is 12.1 Å². The number of hydrogen-bond acceptors (Lipinski definition) is 5. The number of esters is 1. The van der Waals surface area contributed by atoms with Crippen LogP contribution in [-0.2, 0) is 25.6 Å². The molecule has 0 N–H and O–H groups in total. The summed E-state index contributed by atoms with van der Waals surface area (Å²) in [5.74, 6) is -1.78. The van der Waals surface area contributed by atoms with E-state index in [1.807, 2.05) is 36.4 Å². The highest BCUT2D eigenvalue weighted by atomic mass is 16.5. The molecular formula is C27H26N2O5. The van der Waals surface area contributed by atoms with E-state index in [2.05, 4.69) is 6.92 Å². The van der Waals surface area contributed by atoms with Gasteiger partial charge >= 0.3 is 5.97 Å². The Morgan fingerprint density at radius 2 is 1.47 bits per heavy atom. The van der Waals surface area contributed by atoms with Crippen molar-refractivity contribution < 1.29 is 23.9 Å². The van der Waals surface area contributed by atoms with Crippen LogP contribution >= 0.6 is 0 Å². The summed E-state index contributed by atoms with van der Waals surface area (Å²) in [6.07, 6.45) is 6.09. The predicted molar refractivity (Wildman–Crippen MR) is 126 cm³/mol. The minimum atomic E-state index is -0.560. The molecule has 3 atom stereocenters. The monoisotopic (exact) mass is 458 g/mol. The van der Waals surface area contributed by atoms with Gasteiger partial charge in [0.2, 0.25) is 17.7 Å². The normalized spacial score (nSPS) is 24.0. The number of fused-ring (bicyclic) bond motifs is 1. The summed E-state index contributed by atoms with van der Waals surface area (Å²) in [6, 6.07) is 14.1. The largest absolute Gasteiger partial charge is 0.426 e. The van der Waals surface area contributed by atoms with Gasteiger partial charge in [0.1, 0.15) is 5.75 Å². The van der Waals surface area contributed by atoms with Crippen LogP contribution < -0.4 is 14.5 Å². The van der Waals surface area contributed by atoms with Gasteiger partial charge in [-0.25, -0.2) is 0 Å². The highest BCUT2D eigenvalue weighted by Crippen LogP contribution is 2.38. The Morgan fingerprint density at radius 3 is 2.06 bits per heavy atom. The van der Waals surface area contributed by atoms with Gasteiger partial charge < -0.3 is 9.64 Å². The number of amides is 3. The molecule has 2 fully saturated rings. The summed E-state index contributed by atoms with van der Waals surface area (Å²) >= 11 is 0. The smallest absolute Gasteiger partial charge is 0.316 e. The Bertz CT molecular complexity index is 1140. The van der Waals surface area contributed by atoms with E-state index in [1.54, 1.807) is 29.2 Å². The first kappa shape index (κ1) is 22.1. The van der Waals surface area contributed by atoms with E-state index >= 15 is 0 Å². The lowest BCUT2D eigenvalue weighted by molar-refractivity contribution is -0.139. The third-order valence-electron chi connectivity index (χ3n) is 6.94. The van der Waals surface area contributed by atoms with Crippen molar-refractivity contribution in [1.29, 1.82) is 0 Å². The molecule has 2 aromatic carbocycles. The van der Waals surface area contributed by atoms with Crippen LogP contribution in [0, 0.1) is 17.8 Å². The third kappa shape index (κ3) is 3.91. The fourth-order valence-corrected chi connectivity index (χ4v) is 4.94. The number of rotatable bonds is 5. The average Bonchev–Trinajstić information content (AvgIpc) is 3.37. The Morgan fingerprint density at radius 1 is 0.882 bits per heavy atom. The first-order valence-electron chi connectivity index (χ1n) is 11.7. The van der Waals surface area contributed by atoms with Crippen LogP contribution in [0.25, 0.3) is 0 Å². The van der Waals surface area contributed by atoms with Gasteiger partial charge in [-0.3, -0.25) is 24.1 Å². The van der Waals surface area contributed by atoms with Crippen molar-refractivity contribution in [2.24, 2.45) is 17.8 Å². The molecule has 0 aromatic heterocycles. The summed E-state index contributed by atoms with van der Waals surface area (Å²) < 4.78 is 5.52. The molecule has 0 unspecified atom stereocenters. The number of anilines is 2. The maximum absolute atomic E-state index is 12.8. The zero-order chi connectivity index (χ0) is 23.8. The Labute approximate surface area is 198 Å². The van der Waals surface area contributed by atoms with E-state index < -0.39 is 11.9 Å². The minimum Gasteiger partial charge on any atom is -0.426 e. The van der Waals surface area contributed by atoms with Crippen LogP contribution in [0.4, 0.5) is 11.4 Å². The summed E-state index contributed by atoms with van der Waals surface area (Å²) in [4.78, 5) is 53.6. The molecule has 7 nitrogen and oxygen atoms in total. The molecule has 2 heterocycles. The molecule has 3 amide bonds. The molecule has 1 aliphatic carbocycles. The van der Waals surface area contributed by atoms with Gasteiger partial charge in [0.15, 0.2) is 0 Å². The zero-order valence-electron chi connectivity index (χ0n) is 19.0. The van der Waals surface area contributed by atoms with Gasteiger partial charge in [-0.1, -0.05) is 31.2 Å². The van der Waals surface area contributed by atoms with Crippen LogP contribution in [0.3, 0.4) is 0 Å². The van der Waals surface area contributed by atoms with Gasteiger partial charge in [0, 0.05) is 18.7 Å². The number of allylic oxidation sites excluding steroid dienone is 2. The van der Waals surface area contributed by atoms with Gasteiger partial charge in [-0.2, -0.15) is 0 Å². The number of hydrogen-bond donors (Lipinski definition) is 0. The highest BCUT2D eigenvalue weighted by Gasteiger charge is 2.47. The summed E-state index contributed by atoms with van der Waals surface area (Å²) in [7, 11) is 0. The molecule has 2 saturated heterocycles. The van der Waals surface area contributed by atoms with Crippen molar-refractivity contribution in [1.82, 2.24) is 0 Å². The number of imide groups is 1. The Balaban J connectivity index is 1.23. The zero-order valence-corrected chi connectivity index (χ0v) is 19.0. The molecule has 5 rings (SSSR count). The quantitative estimate of drug-likeness (QED) is 0.296. The minimum absolute atomic E-state index is 0.0973. The Hall–Kier alpha value is -3.74. The Kier molecular flexibility index (Phi) is 5.77. The molecule has 0 radical (unpaired) electrons. The highest BCUT2D eigenvalue weighted by molar-refractivity contribution is 6.22. The average molecular weight is 459 g/mol. The van der Waals surface area contributed by atoms with Crippen LogP contribution in [0.1, 0.15) is 31.7 Å². The number of aryl methyl sites for hydroxylation is 1. The summed E-state index contributed by atoms with van der Waals surface area (Å²) in [5.41, 5.74) is 2.43. The lowest BCUT2D eigenvalue weighted by atomic mass is 9.85. The lowest BCUT2D eigenvalue weighted by Gasteiger charge is -2.17. The van der Waals surface area contributed by atoms with Crippen LogP contribution in [-0.4, -0.2) is 30.2 Å². The van der Waals surface area contributed by atoms with Gasteiger partial charge in [0.25, 0.3) is 0 Å². The maximum Gasteiger partial charge on any atom is 0.316 e. The molecule has 0 spiro atoms. The second-order valence-electron chi connectivity index (χ2n) is 9.01. The number of ether oxygens (including phenoxy) is 1. The number of benzene rings is 2. The topological polar surface area (TPSA) is 84.0 Å². The second kappa shape index (κ2) is 8.89. The summed E-state index contributed by atoms with van der Waals surface area (Å²) in [5, 5.41) is 0. The van der Waals surface area contributed by atoms with Crippen LogP contribution in [0.5, 0.6) is 5.75 Å². The molecule has 3 aliphatic rings. The van der Waals surface area contributed by atoms with Gasteiger partial charge in [-0.05, 0) is 61.2 Å². The van der Waals surface area contributed by atoms with Crippen LogP contribution in [0.2, 0.25) is 0 Å². The molecule has 2 aliphatic heterocycles. The molecule has 174 valence electrons. The van der Waals surface area contributed by atoms with Crippen molar-refractivity contribution in [2.75, 3.05) is 16.3 Å². The van der Waals surface area contributed by atoms with Crippen molar-refractivity contribution in [3.05, 3.63) is 66.2 Å². The van der Waals surface area contributed by atoms with E-state index in [-0.39, 0.29) is 42.5 Å². The third-order valence-corrected chi connectivity index (χ3v) is 6.94. The standard InChI is InChI=1S/C27H26N2O5/c1-2-17-7-9-19(10-8-17)28-16-18(15-24(28)30)27(33)34-21-13-11-20(12-14-21)29-25(31)22-5-3-4-6-23(22)26(29)32/h3-4,7-14,18,22-23H,2,5-6,15-16H2,1H3/t18-,22-,23-/m1/s1. The number of nitrogens with zero attached hydrogens (tertiary/aromatic N) is 2. The molecular weight excluding hydrogens is 432 g/mol. The fraction of sp³-hybridized carbons (Fsp3) is 0.333. The summed E-state index contributed by atoms with van der Waals surface area (Å²) in [6.45, 7) is 2.34. The molecule has 0 saturated carbocycles. The van der Waals surface area contributed by atoms with Gasteiger partial charge in [-0.15, -0.1) is 0 Å². The molecule has 7 heteroatoms. The van der Waals surface area contributed by atoms with Crippen LogP contribution in [0.15, 0.2) is 60.7 Å². The second-order valence-corrected chi connectivity index (χ2v) is 9.01. The SMILES string of the molecule is CCc1ccc(N2C[C@H](C(=O)Oc3ccc(N4C(=O)[C@@H]5CC=CC[C@H]5C4=O)cc3)CC2=O)cc1. The molecule has 34 heavy (non-hydrogen) atoms. The van der Waals surface area contributed by atoms with Gasteiger partial charge in [0.05, 0.1) is 23.4 Å². The lowest BCUT2D eigenvalue weighted by Crippen LogP contribution is -2.30. The van der Waals surface area contributed by atoms with E-state index in [1.165, 1.54) is 10.5 Å². The fourth-order valence-electron chi connectivity index (χ4n) is 4.94. The molecule has 0 bridgehead atoms. The van der Waals surface area contributed by atoms with Crippen molar-refractivity contribution >= 4 is 35.1 Å². The predicted octanol–water partition coefficient (Wildman–Crippen LogP) is 3.66. The van der Waals surface area contributed by atoms with Crippen molar-refractivity contribution in [3.8, 4) is 5.75 Å². The maximum atomic E-state index is 12.8. The number of carbonyl (C=O) groups is 4. The van der Waals surface area contributed by atoms with Crippen molar-refractivity contribution in [2.45, 2.75) is 32.6 Å². The van der Waals surface area contributed by atoms with E-state index in [4.69, 9.17) is 4.74 Å².